The highest BCUT2D eigenvalue weighted by atomic mass is 16.3. The van der Waals surface area contributed by atoms with E-state index in [0.29, 0.717) is 19.1 Å². The average molecular weight is 520 g/mol. The van der Waals surface area contributed by atoms with Crippen LogP contribution in [0, 0.1) is 11.8 Å². The molecule has 0 bridgehead atoms. The van der Waals surface area contributed by atoms with Crippen molar-refractivity contribution in [2.24, 2.45) is 17.6 Å². The predicted octanol–water partition coefficient (Wildman–Crippen LogP) is -0.590. The van der Waals surface area contributed by atoms with Gasteiger partial charge in [0, 0.05) is 6.42 Å². The van der Waals surface area contributed by atoms with Gasteiger partial charge < -0.3 is 36.9 Å². The number of hydrogen-bond acceptors (Lipinski definition) is 7. The molecule has 1 rings (SSSR count). The van der Waals surface area contributed by atoms with Gasteiger partial charge in [0.2, 0.25) is 23.6 Å². The topological polar surface area (TPSA) is 180 Å². The molecule has 0 aromatic heterocycles. The zero-order valence-corrected chi connectivity index (χ0v) is 22.0. The molecule has 0 spiro atoms. The van der Waals surface area contributed by atoms with Crippen LogP contribution in [0.3, 0.4) is 0 Å². The van der Waals surface area contributed by atoms with E-state index in [1.54, 1.807) is 31.2 Å². The molecule has 0 saturated carbocycles. The van der Waals surface area contributed by atoms with E-state index in [1.165, 1.54) is 0 Å². The van der Waals surface area contributed by atoms with E-state index in [0.717, 1.165) is 5.56 Å². The number of hydrogen-bond donors (Lipinski definition) is 6. The largest absolute Gasteiger partial charge is 0.394 e. The maximum absolute atomic E-state index is 13.4. The minimum atomic E-state index is -1.12. The molecule has 206 valence electrons. The van der Waals surface area contributed by atoms with Crippen LogP contribution in [0.15, 0.2) is 30.3 Å². The fraction of sp³-hybridized carbons (Fsp3) is 0.577. The Kier molecular flexibility index (Phi) is 14.1. The number of aldehydes is 1. The first-order valence-corrected chi connectivity index (χ1v) is 12.6. The quantitative estimate of drug-likeness (QED) is 0.158. The van der Waals surface area contributed by atoms with Crippen LogP contribution in [0.4, 0.5) is 0 Å². The van der Waals surface area contributed by atoms with Crippen molar-refractivity contribution >= 4 is 29.9 Å². The van der Waals surface area contributed by atoms with E-state index in [1.807, 2.05) is 26.8 Å². The van der Waals surface area contributed by atoms with Crippen molar-refractivity contribution in [3.8, 4) is 0 Å². The molecular weight excluding hydrogens is 478 g/mol. The lowest BCUT2D eigenvalue weighted by Gasteiger charge is -2.30. The van der Waals surface area contributed by atoms with E-state index in [9.17, 15) is 29.1 Å². The van der Waals surface area contributed by atoms with Crippen LogP contribution in [0.1, 0.15) is 46.1 Å². The predicted molar refractivity (Wildman–Crippen MR) is 139 cm³/mol. The Bertz CT molecular complexity index is 897. The molecule has 11 nitrogen and oxygen atoms in total. The number of rotatable bonds is 16. The van der Waals surface area contributed by atoms with Crippen LogP contribution in [0.2, 0.25) is 0 Å². The number of nitrogens with two attached hydrogens (primary N) is 1. The molecule has 37 heavy (non-hydrogen) atoms. The summed E-state index contributed by atoms with van der Waals surface area (Å²) in [6, 6.07) is 4.91. The Morgan fingerprint density at radius 1 is 0.865 bits per heavy atom. The number of benzene rings is 1. The summed E-state index contributed by atoms with van der Waals surface area (Å²) in [5.41, 5.74) is 6.16. The van der Waals surface area contributed by atoms with Gasteiger partial charge in [-0.1, -0.05) is 70.9 Å². The first-order chi connectivity index (χ1) is 17.6. The van der Waals surface area contributed by atoms with Crippen LogP contribution in [0.25, 0.3) is 0 Å². The first kappa shape index (κ1) is 31.7. The van der Waals surface area contributed by atoms with Gasteiger partial charge in [0.1, 0.15) is 30.5 Å². The fourth-order valence-electron chi connectivity index (χ4n) is 3.61. The molecule has 7 N–H and O–H groups in total. The van der Waals surface area contributed by atoms with Crippen molar-refractivity contribution in [1.82, 2.24) is 21.3 Å². The van der Waals surface area contributed by atoms with E-state index in [4.69, 9.17) is 5.73 Å². The maximum atomic E-state index is 13.4. The zero-order valence-electron chi connectivity index (χ0n) is 22.0. The van der Waals surface area contributed by atoms with Crippen LogP contribution in [-0.2, 0) is 30.4 Å². The van der Waals surface area contributed by atoms with Crippen LogP contribution in [0.5, 0.6) is 0 Å². The maximum Gasteiger partial charge on any atom is 0.243 e. The number of aliphatic hydroxyl groups is 1. The Morgan fingerprint density at radius 2 is 1.41 bits per heavy atom. The molecule has 0 aliphatic rings. The van der Waals surface area contributed by atoms with Crippen molar-refractivity contribution in [3.63, 3.8) is 0 Å². The smallest absolute Gasteiger partial charge is 0.243 e. The summed E-state index contributed by atoms with van der Waals surface area (Å²) in [6.45, 7) is 6.49. The molecule has 0 fully saturated rings. The highest BCUT2D eigenvalue weighted by molar-refractivity contribution is 5.95. The summed E-state index contributed by atoms with van der Waals surface area (Å²) in [4.78, 5) is 62.6. The van der Waals surface area contributed by atoms with E-state index in [-0.39, 0.29) is 24.8 Å². The summed E-state index contributed by atoms with van der Waals surface area (Å²) < 4.78 is 0. The van der Waals surface area contributed by atoms with Gasteiger partial charge in [0.15, 0.2) is 0 Å². The van der Waals surface area contributed by atoms with Crippen molar-refractivity contribution in [2.45, 2.75) is 71.1 Å². The summed E-state index contributed by atoms with van der Waals surface area (Å²) in [7, 11) is 0. The second-order valence-electron chi connectivity index (χ2n) is 9.19. The number of carbonyl (C=O) groups excluding carboxylic acids is 5. The first-order valence-electron chi connectivity index (χ1n) is 12.6. The summed E-state index contributed by atoms with van der Waals surface area (Å²) in [5, 5.41) is 19.8. The second kappa shape index (κ2) is 16.4. The van der Waals surface area contributed by atoms with Gasteiger partial charge in [-0.25, -0.2) is 0 Å². The van der Waals surface area contributed by atoms with E-state index in [2.05, 4.69) is 21.3 Å². The normalized spacial score (nSPS) is 15.7. The lowest BCUT2D eigenvalue weighted by atomic mass is 9.94. The van der Waals surface area contributed by atoms with Crippen molar-refractivity contribution in [3.05, 3.63) is 35.9 Å². The van der Waals surface area contributed by atoms with Gasteiger partial charge in [-0.2, -0.15) is 0 Å². The third-order valence-electron chi connectivity index (χ3n) is 6.39. The lowest BCUT2D eigenvalue weighted by molar-refractivity contribution is -0.135. The number of amides is 4. The van der Waals surface area contributed by atoms with Gasteiger partial charge in [-0.05, 0) is 17.4 Å². The molecule has 0 radical (unpaired) electrons. The van der Waals surface area contributed by atoms with Crippen LogP contribution < -0.4 is 27.0 Å². The van der Waals surface area contributed by atoms with Crippen LogP contribution >= 0.6 is 0 Å². The van der Waals surface area contributed by atoms with Gasteiger partial charge in [-0.15, -0.1) is 0 Å². The number of carbonyl (C=O) groups is 5. The fourth-order valence-corrected chi connectivity index (χ4v) is 3.61. The molecule has 11 heteroatoms. The third-order valence-corrected chi connectivity index (χ3v) is 6.39. The lowest BCUT2D eigenvalue weighted by Crippen LogP contribution is -2.60. The highest BCUT2D eigenvalue weighted by Gasteiger charge is 2.34. The molecule has 0 aliphatic heterocycles. The van der Waals surface area contributed by atoms with Crippen molar-refractivity contribution in [2.75, 3.05) is 13.2 Å². The Hall–Kier alpha value is -3.31. The molecule has 6 atom stereocenters. The summed E-state index contributed by atoms with van der Waals surface area (Å²) >= 11 is 0. The Balaban J connectivity index is 3.18. The van der Waals surface area contributed by atoms with Crippen molar-refractivity contribution < 1.29 is 29.1 Å². The Morgan fingerprint density at radius 3 is 1.89 bits per heavy atom. The van der Waals surface area contributed by atoms with E-state index >= 15 is 0 Å². The summed E-state index contributed by atoms with van der Waals surface area (Å²) in [6.07, 6.45) is 1.69. The van der Waals surface area contributed by atoms with Crippen molar-refractivity contribution in [1.29, 1.82) is 0 Å². The van der Waals surface area contributed by atoms with Gasteiger partial charge in [0.05, 0.1) is 13.2 Å². The zero-order chi connectivity index (χ0) is 28.0. The highest BCUT2D eigenvalue weighted by Crippen LogP contribution is 2.13. The third kappa shape index (κ3) is 10.3. The minimum absolute atomic E-state index is 0.124. The number of nitrogens with one attached hydrogen (secondary N) is 4. The molecule has 0 aliphatic carbocycles. The molecule has 1 aromatic rings. The monoisotopic (exact) mass is 519 g/mol. The number of aliphatic hydroxyl groups excluding tert-OH is 1. The van der Waals surface area contributed by atoms with Gasteiger partial charge >= 0.3 is 0 Å². The average Bonchev–Trinajstić information content (AvgIpc) is 2.91. The molecular formula is C26H41N5O6. The van der Waals surface area contributed by atoms with Gasteiger partial charge in [-0.3, -0.25) is 19.2 Å². The SMILES string of the molecule is CC[C@H](C)[C@H](NC(=O)CN)C(=O)N[C@H](C(=O)N[C@@H](Cc1ccccc1)C(=O)N[C@H](C=O)CO)[C@@H](C)CC. The molecule has 1 aromatic carbocycles. The standard InChI is InChI=1S/C26H41N5O6/c1-5-16(3)22(30-21(34)13-27)26(37)31-23(17(4)6-2)25(36)29-20(12-18-10-8-7-9-11-18)24(35)28-19(14-32)15-33/h7-11,14,16-17,19-20,22-23,33H,5-6,12-13,15,27H2,1-4H3,(H,28,35)(H,29,36)(H,30,34)(H,31,37)/t16-,17-,19+,20-,22-,23-/m0/s1. The molecule has 0 unspecified atom stereocenters. The molecule has 0 heterocycles. The van der Waals surface area contributed by atoms with E-state index < -0.39 is 54.4 Å². The molecule has 0 saturated heterocycles. The molecule has 4 amide bonds. The van der Waals surface area contributed by atoms with Gasteiger partial charge in [0.25, 0.3) is 0 Å². The summed E-state index contributed by atoms with van der Waals surface area (Å²) in [5.74, 6) is -2.76. The second-order valence-corrected chi connectivity index (χ2v) is 9.19. The minimum Gasteiger partial charge on any atom is -0.394 e. The Labute approximate surface area is 218 Å². The van der Waals surface area contributed by atoms with Crippen LogP contribution in [-0.4, -0.2) is 72.3 Å².